The zero-order valence-electron chi connectivity index (χ0n) is 12.7. The minimum Gasteiger partial charge on any atom is -0.296 e. The predicted octanol–water partition coefficient (Wildman–Crippen LogP) is 4.08. The number of hydrogen-bond donors (Lipinski definition) is 1. The molecule has 1 aromatic carbocycles. The van der Waals surface area contributed by atoms with E-state index in [4.69, 9.17) is 11.6 Å². The van der Waals surface area contributed by atoms with E-state index < -0.39 is 10.8 Å². The van der Waals surface area contributed by atoms with Crippen LogP contribution < -0.4 is 5.32 Å². The van der Waals surface area contributed by atoms with Crippen LogP contribution in [0.25, 0.3) is 0 Å². The summed E-state index contributed by atoms with van der Waals surface area (Å²) in [6, 6.07) is 3.74. The summed E-state index contributed by atoms with van der Waals surface area (Å²) >= 11 is 7.29. The molecule has 1 aliphatic carbocycles. The lowest BCUT2D eigenvalue weighted by atomic mass is 10.1. The molecule has 0 aliphatic heterocycles. The molecule has 0 saturated heterocycles. The molecule has 24 heavy (non-hydrogen) atoms. The van der Waals surface area contributed by atoms with Crippen molar-refractivity contribution in [3.05, 3.63) is 43.9 Å². The molecule has 0 atom stereocenters. The molecule has 1 saturated carbocycles. The summed E-state index contributed by atoms with van der Waals surface area (Å²) < 4.78 is 0. The van der Waals surface area contributed by atoms with Crippen molar-refractivity contribution in [1.29, 1.82) is 0 Å². The van der Waals surface area contributed by atoms with Crippen LogP contribution in [0.1, 0.15) is 41.0 Å². The molecule has 9 heteroatoms. The number of nitro benzene ring substituents is 1. The molecule has 7 nitrogen and oxygen atoms in total. The van der Waals surface area contributed by atoms with Gasteiger partial charge in [-0.05, 0) is 12.0 Å². The summed E-state index contributed by atoms with van der Waals surface area (Å²) in [6.07, 6.45) is 5.83. The normalized spacial score (nSPS) is 14.7. The van der Waals surface area contributed by atoms with E-state index in [-0.39, 0.29) is 16.3 Å². The molecule has 0 unspecified atom stereocenters. The first-order valence-electron chi connectivity index (χ1n) is 7.60. The summed E-state index contributed by atoms with van der Waals surface area (Å²) in [5.41, 5.74) is -0.151. The zero-order valence-corrected chi connectivity index (χ0v) is 14.3. The van der Waals surface area contributed by atoms with Crippen molar-refractivity contribution in [3.63, 3.8) is 0 Å². The lowest BCUT2D eigenvalue weighted by Crippen LogP contribution is -2.12. The van der Waals surface area contributed by atoms with Crippen LogP contribution in [-0.2, 0) is 6.42 Å². The van der Waals surface area contributed by atoms with Crippen molar-refractivity contribution in [2.45, 2.75) is 32.1 Å². The van der Waals surface area contributed by atoms with Crippen LogP contribution in [0.5, 0.6) is 0 Å². The van der Waals surface area contributed by atoms with Gasteiger partial charge in [-0.1, -0.05) is 48.6 Å². The van der Waals surface area contributed by atoms with Gasteiger partial charge in [0.25, 0.3) is 11.6 Å². The topological polar surface area (TPSA) is 98.0 Å². The van der Waals surface area contributed by atoms with Crippen LogP contribution in [-0.4, -0.2) is 21.0 Å². The van der Waals surface area contributed by atoms with Crippen molar-refractivity contribution in [3.8, 4) is 0 Å². The minimum absolute atomic E-state index is 0.0402. The Kier molecular flexibility index (Phi) is 5.06. The summed E-state index contributed by atoms with van der Waals surface area (Å²) in [6.45, 7) is 0. The first-order valence-corrected chi connectivity index (χ1v) is 8.80. The first-order chi connectivity index (χ1) is 11.5. The van der Waals surface area contributed by atoms with Gasteiger partial charge in [-0.25, -0.2) is 0 Å². The molecule has 3 rings (SSSR count). The van der Waals surface area contributed by atoms with Gasteiger partial charge in [0.15, 0.2) is 0 Å². The molecular formula is C15H15ClN4O3S. The number of amides is 1. The molecule has 1 amide bonds. The Hall–Kier alpha value is -2.06. The first kappa shape index (κ1) is 16.8. The van der Waals surface area contributed by atoms with Gasteiger partial charge in [-0.15, -0.1) is 10.2 Å². The maximum Gasteiger partial charge on any atom is 0.270 e. The number of carbonyl (C=O) groups excluding carboxylic acids is 1. The lowest BCUT2D eigenvalue weighted by molar-refractivity contribution is -0.384. The van der Waals surface area contributed by atoms with Crippen LogP contribution in [0.4, 0.5) is 10.8 Å². The third kappa shape index (κ3) is 3.88. The largest absolute Gasteiger partial charge is 0.296 e. The van der Waals surface area contributed by atoms with Gasteiger partial charge in [0, 0.05) is 18.6 Å². The molecule has 126 valence electrons. The Morgan fingerprint density at radius 2 is 2.12 bits per heavy atom. The van der Waals surface area contributed by atoms with E-state index in [0.717, 1.165) is 17.5 Å². The van der Waals surface area contributed by atoms with E-state index in [9.17, 15) is 14.9 Å². The molecule has 1 aliphatic rings. The smallest absolute Gasteiger partial charge is 0.270 e. The van der Waals surface area contributed by atoms with Crippen molar-refractivity contribution in [1.82, 2.24) is 10.2 Å². The third-order valence-electron chi connectivity index (χ3n) is 4.03. The Balaban J connectivity index is 1.69. The number of nitrogens with one attached hydrogen (secondary N) is 1. The Labute approximate surface area is 147 Å². The number of halogens is 1. The molecule has 0 radical (unpaired) electrons. The molecule has 0 spiro atoms. The fourth-order valence-electron chi connectivity index (χ4n) is 2.81. The molecular weight excluding hydrogens is 352 g/mol. The number of aromatic nitrogens is 2. The number of rotatable bonds is 5. The van der Waals surface area contributed by atoms with Crippen LogP contribution >= 0.6 is 22.9 Å². The van der Waals surface area contributed by atoms with E-state index in [1.807, 2.05) is 0 Å². The van der Waals surface area contributed by atoms with Gasteiger partial charge in [-0.2, -0.15) is 0 Å². The van der Waals surface area contributed by atoms with E-state index >= 15 is 0 Å². The molecule has 1 aromatic heterocycles. The number of nitro groups is 1. The van der Waals surface area contributed by atoms with Crippen LogP contribution in [0, 0.1) is 16.0 Å². The highest BCUT2D eigenvalue weighted by molar-refractivity contribution is 7.15. The van der Waals surface area contributed by atoms with E-state index in [1.54, 1.807) is 0 Å². The fourth-order valence-corrected chi connectivity index (χ4v) is 3.87. The molecule has 1 N–H and O–H groups in total. The lowest BCUT2D eigenvalue weighted by Gasteiger charge is -2.04. The van der Waals surface area contributed by atoms with Crippen LogP contribution in [0.2, 0.25) is 5.02 Å². The highest BCUT2D eigenvalue weighted by atomic mass is 35.5. The number of hydrogen-bond acceptors (Lipinski definition) is 6. The van der Waals surface area contributed by atoms with Gasteiger partial charge in [0.2, 0.25) is 5.13 Å². The second kappa shape index (κ2) is 7.23. The van der Waals surface area contributed by atoms with Crippen molar-refractivity contribution in [2.75, 3.05) is 5.32 Å². The summed E-state index contributed by atoms with van der Waals surface area (Å²) in [5.74, 6) is 0.111. The second-order valence-electron chi connectivity index (χ2n) is 5.73. The molecule has 1 fully saturated rings. The SMILES string of the molecule is O=C(Nc1nnc(CC2CCCC2)s1)c1cc([N+](=O)[O-])ccc1Cl. The number of non-ortho nitro benzene ring substituents is 1. The van der Waals surface area contributed by atoms with E-state index in [0.29, 0.717) is 11.0 Å². The Morgan fingerprint density at radius 3 is 2.83 bits per heavy atom. The summed E-state index contributed by atoms with van der Waals surface area (Å²) in [7, 11) is 0. The molecule has 1 heterocycles. The van der Waals surface area contributed by atoms with Crippen LogP contribution in [0.3, 0.4) is 0 Å². The highest BCUT2D eigenvalue weighted by Gasteiger charge is 2.20. The predicted molar refractivity (Wildman–Crippen MR) is 91.6 cm³/mol. The van der Waals surface area contributed by atoms with Gasteiger partial charge in [-0.3, -0.25) is 20.2 Å². The third-order valence-corrected chi connectivity index (χ3v) is 5.22. The number of nitrogens with zero attached hydrogens (tertiary/aromatic N) is 3. The summed E-state index contributed by atoms with van der Waals surface area (Å²) in [4.78, 5) is 22.5. The average Bonchev–Trinajstić information content (AvgIpc) is 3.20. The highest BCUT2D eigenvalue weighted by Crippen LogP contribution is 2.30. The van der Waals surface area contributed by atoms with Gasteiger partial charge < -0.3 is 0 Å². The Bertz CT molecular complexity index is 774. The number of benzene rings is 1. The van der Waals surface area contributed by atoms with E-state index in [1.165, 1.54) is 49.2 Å². The molecule has 2 aromatic rings. The number of carbonyl (C=O) groups is 1. The van der Waals surface area contributed by atoms with E-state index in [2.05, 4.69) is 15.5 Å². The zero-order chi connectivity index (χ0) is 17.1. The van der Waals surface area contributed by atoms with Gasteiger partial charge >= 0.3 is 0 Å². The minimum atomic E-state index is -0.572. The summed E-state index contributed by atoms with van der Waals surface area (Å²) in [5, 5.41) is 22.9. The number of anilines is 1. The maximum absolute atomic E-state index is 12.3. The quantitative estimate of drug-likeness (QED) is 0.634. The molecule has 0 bridgehead atoms. The van der Waals surface area contributed by atoms with Gasteiger partial charge in [0.05, 0.1) is 15.5 Å². The van der Waals surface area contributed by atoms with Gasteiger partial charge in [0.1, 0.15) is 5.01 Å². The maximum atomic E-state index is 12.3. The van der Waals surface area contributed by atoms with Crippen molar-refractivity contribution < 1.29 is 9.72 Å². The van der Waals surface area contributed by atoms with Crippen molar-refractivity contribution in [2.24, 2.45) is 5.92 Å². The Morgan fingerprint density at radius 1 is 1.38 bits per heavy atom. The fraction of sp³-hybridized carbons (Fsp3) is 0.400. The standard InChI is InChI=1S/C15H15ClN4O3S/c16-12-6-5-10(20(22)23)8-11(12)14(21)17-15-19-18-13(24-15)7-9-3-1-2-4-9/h5-6,8-9H,1-4,7H2,(H,17,19,21). The monoisotopic (exact) mass is 366 g/mol. The van der Waals surface area contributed by atoms with Crippen LogP contribution in [0.15, 0.2) is 18.2 Å². The average molecular weight is 367 g/mol. The second-order valence-corrected chi connectivity index (χ2v) is 7.20. The van der Waals surface area contributed by atoms with Crippen molar-refractivity contribution >= 4 is 39.7 Å².